The number of nitrogens with one attached hydrogen (secondary N) is 3. The van der Waals surface area contributed by atoms with Gasteiger partial charge in [0.25, 0.3) is 5.91 Å². The summed E-state index contributed by atoms with van der Waals surface area (Å²) in [6, 6.07) is 33.8. The normalized spacial score (nSPS) is 10.8. The predicted octanol–water partition coefficient (Wildman–Crippen LogP) is 6.64. The van der Waals surface area contributed by atoms with Crippen LogP contribution in [0.1, 0.15) is 33.2 Å². The van der Waals surface area contributed by atoms with E-state index < -0.39 is 5.92 Å². The molecular weight excluding hydrogens is 494 g/mol. The summed E-state index contributed by atoms with van der Waals surface area (Å²) in [5, 5.41) is 9.84. The van der Waals surface area contributed by atoms with Crippen LogP contribution < -0.4 is 16.0 Å². The van der Waals surface area contributed by atoms with Crippen LogP contribution in [0.4, 0.5) is 11.4 Å². The highest BCUT2D eigenvalue weighted by Crippen LogP contribution is 2.26. The zero-order valence-corrected chi connectivity index (χ0v) is 21.4. The van der Waals surface area contributed by atoms with Gasteiger partial charge in [0.1, 0.15) is 5.58 Å². The van der Waals surface area contributed by atoms with E-state index in [0.29, 0.717) is 17.0 Å². The molecule has 38 heavy (non-hydrogen) atoms. The number of hydrogen-bond acceptors (Lipinski definition) is 4. The Morgan fingerprint density at radius 1 is 0.763 bits per heavy atom. The molecule has 3 N–H and O–H groups in total. The lowest BCUT2D eigenvalue weighted by Gasteiger charge is -2.19. The van der Waals surface area contributed by atoms with E-state index in [-0.39, 0.29) is 22.7 Å². The van der Waals surface area contributed by atoms with Crippen molar-refractivity contribution in [3.8, 4) is 0 Å². The fourth-order valence-electron chi connectivity index (χ4n) is 4.29. The summed E-state index contributed by atoms with van der Waals surface area (Å²) in [4.78, 5) is 26.0. The van der Waals surface area contributed by atoms with Crippen molar-refractivity contribution in [2.45, 2.75) is 12.8 Å². The molecule has 0 bridgehead atoms. The second-order valence-corrected chi connectivity index (χ2v) is 9.24. The fraction of sp³-hybridized carbons (Fsp3) is 0.0645. The van der Waals surface area contributed by atoms with Crippen molar-refractivity contribution in [1.29, 1.82) is 0 Å². The van der Waals surface area contributed by atoms with Crippen LogP contribution >= 0.6 is 12.2 Å². The van der Waals surface area contributed by atoms with Crippen molar-refractivity contribution in [3.63, 3.8) is 0 Å². The van der Waals surface area contributed by atoms with Crippen molar-refractivity contribution in [2.75, 3.05) is 10.6 Å². The van der Waals surface area contributed by atoms with Crippen LogP contribution in [0.2, 0.25) is 0 Å². The minimum absolute atomic E-state index is 0.185. The van der Waals surface area contributed by atoms with Crippen molar-refractivity contribution >= 4 is 51.5 Å². The second-order valence-electron chi connectivity index (χ2n) is 8.83. The number of carbonyl (C=O) groups is 2. The molecule has 0 aliphatic carbocycles. The molecular formula is C31H25N3O3S. The van der Waals surface area contributed by atoms with Gasteiger partial charge in [-0.1, -0.05) is 78.9 Å². The summed E-state index contributed by atoms with van der Waals surface area (Å²) < 4.78 is 5.66. The largest absolute Gasteiger partial charge is 0.451 e. The first-order valence-electron chi connectivity index (χ1n) is 12.1. The molecule has 7 heteroatoms. The SMILES string of the molecule is Cc1cc(NC(=S)NC(=O)C(c2ccccc2)c2ccccc2)ccc1NC(=O)c1cc2ccccc2o1. The molecule has 5 rings (SSSR count). The van der Waals surface area contributed by atoms with Crippen molar-refractivity contribution < 1.29 is 14.0 Å². The number of rotatable bonds is 6. The van der Waals surface area contributed by atoms with Crippen LogP contribution in [0.3, 0.4) is 0 Å². The van der Waals surface area contributed by atoms with Gasteiger partial charge in [-0.2, -0.15) is 0 Å². The number of hydrogen-bond donors (Lipinski definition) is 3. The number of para-hydroxylation sites is 1. The average Bonchev–Trinajstić information content (AvgIpc) is 3.36. The number of aryl methyl sites for hydroxylation is 1. The first kappa shape index (κ1) is 24.9. The summed E-state index contributed by atoms with van der Waals surface area (Å²) in [5.41, 5.74) is 4.56. The Bertz CT molecular complexity index is 1540. The molecule has 0 radical (unpaired) electrons. The molecule has 4 aromatic carbocycles. The zero-order chi connectivity index (χ0) is 26.5. The Morgan fingerprint density at radius 3 is 2.03 bits per heavy atom. The molecule has 1 aromatic heterocycles. The molecule has 188 valence electrons. The number of carbonyl (C=O) groups excluding carboxylic acids is 2. The van der Waals surface area contributed by atoms with E-state index in [9.17, 15) is 9.59 Å². The standard InChI is InChI=1S/C31H25N3O3S/c1-20-18-24(16-17-25(20)33-29(35)27-19-23-14-8-9-15-26(23)37-27)32-31(38)34-30(36)28(21-10-4-2-5-11-21)22-12-6-3-7-13-22/h2-19,28H,1H3,(H,33,35)(H2,32,34,36,38). The first-order chi connectivity index (χ1) is 18.5. The minimum Gasteiger partial charge on any atom is -0.451 e. The maximum Gasteiger partial charge on any atom is 0.291 e. The highest BCUT2D eigenvalue weighted by atomic mass is 32.1. The lowest BCUT2D eigenvalue weighted by Crippen LogP contribution is -2.37. The van der Waals surface area contributed by atoms with Gasteiger partial charge >= 0.3 is 0 Å². The van der Waals surface area contributed by atoms with Gasteiger partial charge in [0, 0.05) is 16.8 Å². The number of anilines is 2. The van der Waals surface area contributed by atoms with E-state index in [1.165, 1.54) is 0 Å². The maximum absolute atomic E-state index is 13.3. The van der Waals surface area contributed by atoms with Gasteiger partial charge in [-0.05, 0) is 66.2 Å². The molecule has 0 aliphatic rings. The first-order valence-corrected chi connectivity index (χ1v) is 12.5. The van der Waals surface area contributed by atoms with Crippen LogP contribution in [0.25, 0.3) is 11.0 Å². The van der Waals surface area contributed by atoms with E-state index in [4.69, 9.17) is 16.6 Å². The lowest BCUT2D eigenvalue weighted by molar-refractivity contribution is -0.120. The van der Waals surface area contributed by atoms with E-state index >= 15 is 0 Å². The van der Waals surface area contributed by atoms with Crippen molar-refractivity contribution in [2.24, 2.45) is 0 Å². The highest BCUT2D eigenvalue weighted by Gasteiger charge is 2.23. The van der Waals surface area contributed by atoms with Gasteiger partial charge in [0.15, 0.2) is 10.9 Å². The Kier molecular flexibility index (Phi) is 7.28. The van der Waals surface area contributed by atoms with Crippen LogP contribution in [0.5, 0.6) is 0 Å². The number of furan rings is 1. The number of thiocarbonyl (C=S) groups is 1. The fourth-order valence-corrected chi connectivity index (χ4v) is 4.51. The summed E-state index contributed by atoms with van der Waals surface area (Å²) in [5.74, 6) is -0.829. The third kappa shape index (κ3) is 5.63. The van der Waals surface area contributed by atoms with Gasteiger partial charge < -0.3 is 20.4 Å². The molecule has 1 heterocycles. The van der Waals surface area contributed by atoms with Crippen LogP contribution in [0, 0.1) is 6.92 Å². The zero-order valence-electron chi connectivity index (χ0n) is 20.6. The topological polar surface area (TPSA) is 83.4 Å². The minimum atomic E-state index is -0.505. The smallest absolute Gasteiger partial charge is 0.291 e. The second kappa shape index (κ2) is 11.1. The molecule has 0 atom stereocenters. The van der Waals surface area contributed by atoms with Gasteiger partial charge in [-0.3, -0.25) is 9.59 Å². The Hall–Kier alpha value is -4.75. The lowest BCUT2D eigenvalue weighted by atomic mass is 9.90. The molecule has 0 unspecified atom stereocenters. The van der Waals surface area contributed by atoms with Crippen LogP contribution in [-0.4, -0.2) is 16.9 Å². The highest BCUT2D eigenvalue weighted by molar-refractivity contribution is 7.80. The molecule has 6 nitrogen and oxygen atoms in total. The summed E-state index contributed by atoms with van der Waals surface area (Å²) in [6.07, 6.45) is 0. The maximum atomic E-state index is 13.3. The van der Waals surface area contributed by atoms with Crippen LogP contribution in [0.15, 0.2) is 114 Å². The van der Waals surface area contributed by atoms with E-state index in [2.05, 4.69) is 16.0 Å². The van der Waals surface area contributed by atoms with Gasteiger partial charge in [0.2, 0.25) is 5.91 Å². The van der Waals surface area contributed by atoms with Gasteiger partial charge in [0.05, 0.1) is 5.92 Å². The molecule has 0 saturated carbocycles. The Labute approximate surface area is 225 Å². The molecule has 0 fully saturated rings. The van der Waals surface area contributed by atoms with Crippen molar-refractivity contribution in [1.82, 2.24) is 5.32 Å². The van der Waals surface area contributed by atoms with E-state index in [1.54, 1.807) is 18.2 Å². The Balaban J connectivity index is 1.25. The molecule has 0 spiro atoms. The summed E-state index contributed by atoms with van der Waals surface area (Å²) in [7, 11) is 0. The quantitative estimate of drug-likeness (QED) is 0.219. The number of benzene rings is 4. The third-order valence-corrected chi connectivity index (χ3v) is 6.35. The number of amides is 2. The van der Waals surface area contributed by atoms with Gasteiger partial charge in [-0.25, -0.2) is 0 Å². The average molecular weight is 520 g/mol. The summed E-state index contributed by atoms with van der Waals surface area (Å²) >= 11 is 5.45. The predicted molar refractivity (Wildman–Crippen MR) is 154 cm³/mol. The van der Waals surface area contributed by atoms with Gasteiger partial charge in [-0.15, -0.1) is 0 Å². The molecule has 0 aliphatic heterocycles. The molecule has 2 amide bonds. The Morgan fingerprint density at radius 2 is 1.39 bits per heavy atom. The third-order valence-electron chi connectivity index (χ3n) is 6.15. The van der Waals surface area contributed by atoms with Crippen molar-refractivity contribution in [3.05, 3.63) is 132 Å². The van der Waals surface area contributed by atoms with E-state index in [0.717, 1.165) is 22.1 Å². The molecule has 0 saturated heterocycles. The molecule has 5 aromatic rings. The monoisotopic (exact) mass is 519 g/mol. The van der Waals surface area contributed by atoms with E-state index in [1.807, 2.05) is 97.9 Å². The van der Waals surface area contributed by atoms with Crippen LogP contribution in [-0.2, 0) is 4.79 Å². The number of fused-ring (bicyclic) bond motifs is 1. The summed E-state index contributed by atoms with van der Waals surface area (Å²) in [6.45, 7) is 1.88.